The van der Waals surface area contributed by atoms with Gasteiger partial charge in [-0.1, -0.05) is 6.07 Å². The molecular weight excluding hydrogens is 174 g/mol. The Morgan fingerprint density at radius 3 is 3.07 bits per heavy atom. The van der Waals surface area contributed by atoms with E-state index in [-0.39, 0.29) is 0 Å². The zero-order valence-corrected chi connectivity index (χ0v) is 8.17. The van der Waals surface area contributed by atoms with Crippen LogP contribution in [0, 0.1) is 6.92 Å². The molecule has 3 heteroatoms. The molecule has 1 aliphatic rings. The Labute approximate surface area is 82.5 Å². The minimum atomic E-state index is 0.650. The average molecular weight is 187 g/mol. The lowest BCUT2D eigenvalue weighted by atomic mass is 10.2. The quantitative estimate of drug-likeness (QED) is 0.758. The predicted octanol–water partition coefficient (Wildman–Crippen LogP) is 2.45. The minimum Gasteiger partial charge on any atom is -0.353 e. The van der Waals surface area contributed by atoms with Crippen LogP contribution in [0.4, 0.5) is 5.95 Å². The summed E-state index contributed by atoms with van der Waals surface area (Å²) in [5.41, 5.74) is 3.42. The summed E-state index contributed by atoms with van der Waals surface area (Å²) in [5.74, 6) is 0.910. The first kappa shape index (κ1) is 7.85. The Kier molecular flexibility index (Phi) is 1.54. The second-order valence-corrected chi connectivity index (χ2v) is 4.02. The smallest absolute Gasteiger partial charge is 0.201 e. The molecule has 1 aliphatic carbocycles. The highest BCUT2D eigenvalue weighted by atomic mass is 15.1. The maximum absolute atomic E-state index is 4.47. The van der Waals surface area contributed by atoms with E-state index in [2.05, 4.69) is 40.4 Å². The summed E-state index contributed by atoms with van der Waals surface area (Å²) in [6, 6.07) is 6.92. The molecule has 0 amide bonds. The highest BCUT2D eigenvalue weighted by Crippen LogP contribution is 2.24. The van der Waals surface area contributed by atoms with Gasteiger partial charge in [-0.3, -0.25) is 0 Å². The molecule has 0 spiro atoms. The number of aryl methyl sites for hydroxylation is 1. The van der Waals surface area contributed by atoms with Gasteiger partial charge < -0.3 is 10.3 Å². The molecule has 0 radical (unpaired) electrons. The fourth-order valence-electron chi connectivity index (χ4n) is 1.61. The van der Waals surface area contributed by atoms with Crippen LogP contribution >= 0.6 is 0 Å². The number of aromatic amines is 1. The summed E-state index contributed by atoms with van der Waals surface area (Å²) in [5, 5.41) is 3.36. The molecule has 0 saturated heterocycles. The third-order valence-electron chi connectivity index (χ3n) is 2.56. The van der Waals surface area contributed by atoms with Crippen molar-refractivity contribution in [1.29, 1.82) is 0 Å². The number of H-pyrrole nitrogens is 1. The lowest BCUT2D eigenvalue weighted by Crippen LogP contribution is -2.01. The van der Waals surface area contributed by atoms with Gasteiger partial charge in [-0.15, -0.1) is 0 Å². The summed E-state index contributed by atoms with van der Waals surface area (Å²) in [6.07, 6.45) is 2.55. The van der Waals surface area contributed by atoms with Crippen LogP contribution in [0.5, 0.6) is 0 Å². The van der Waals surface area contributed by atoms with Crippen molar-refractivity contribution in [2.45, 2.75) is 25.8 Å². The molecule has 2 N–H and O–H groups in total. The largest absolute Gasteiger partial charge is 0.353 e. The van der Waals surface area contributed by atoms with Gasteiger partial charge in [0.05, 0.1) is 11.0 Å². The van der Waals surface area contributed by atoms with Crippen molar-refractivity contribution in [2.75, 3.05) is 5.32 Å². The number of benzene rings is 1. The van der Waals surface area contributed by atoms with Gasteiger partial charge in [-0.05, 0) is 37.5 Å². The van der Waals surface area contributed by atoms with Crippen molar-refractivity contribution in [3.63, 3.8) is 0 Å². The number of nitrogens with one attached hydrogen (secondary N) is 2. The summed E-state index contributed by atoms with van der Waals surface area (Å²) in [6.45, 7) is 2.09. The fraction of sp³-hybridized carbons (Fsp3) is 0.364. The van der Waals surface area contributed by atoms with Crippen molar-refractivity contribution >= 4 is 17.0 Å². The molecule has 14 heavy (non-hydrogen) atoms. The summed E-state index contributed by atoms with van der Waals surface area (Å²) >= 11 is 0. The van der Waals surface area contributed by atoms with Crippen LogP contribution in [0.25, 0.3) is 11.0 Å². The average Bonchev–Trinajstić information content (AvgIpc) is 2.84. The van der Waals surface area contributed by atoms with Gasteiger partial charge in [0, 0.05) is 6.04 Å². The Morgan fingerprint density at radius 1 is 1.43 bits per heavy atom. The van der Waals surface area contributed by atoms with E-state index in [1.807, 2.05) is 0 Å². The predicted molar refractivity (Wildman–Crippen MR) is 57.5 cm³/mol. The number of hydrogen-bond acceptors (Lipinski definition) is 2. The molecule has 0 bridgehead atoms. The van der Waals surface area contributed by atoms with Crippen LogP contribution in [-0.2, 0) is 0 Å². The second-order valence-electron chi connectivity index (χ2n) is 4.02. The highest BCUT2D eigenvalue weighted by Gasteiger charge is 2.21. The molecule has 1 heterocycles. The van der Waals surface area contributed by atoms with E-state index in [4.69, 9.17) is 0 Å². The van der Waals surface area contributed by atoms with Crippen LogP contribution in [0.1, 0.15) is 18.4 Å². The Morgan fingerprint density at radius 2 is 2.29 bits per heavy atom. The van der Waals surface area contributed by atoms with E-state index in [9.17, 15) is 0 Å². The third kappa shape index (κ3) is 1.35. The number of nitrogens with zero attached hydrogens (tertiary/aromatic N) is 1. The summed E-state index contributed by atoms with van der Waals surface area (Å²) < 4.78 is 0. The molecule has 0 unspecified atom stereocenters. The first-order valence-electron chi connectivity index (χ1n) is 5.04. The third-order valence-corrected chi connectivity index (χ3v) is 2.56. The first-order valence-corrected chi connectivity index (χ1v) is 5.04. The van der Waals surface area contributed by atoms with Crippen LogP contribution < -0.4 is 5.32 Å². The number of imidazole rings is 1. The number of aromatic nitrogens is 2. The van der Waals surface area contributed by atoms with Crippen LogP contribution in [0.3, 0.4) is 0 Å². The summed E-state index contributed by atoms with van der Waals surface area (Å²) in [4.78, 5) is 7.75. The molecule has 1 fully saturated rings. The van der Waals surface area contributed by atoms with Crippen LogP contribution in [0.15, 0.2) is 18.2 Å². The van der Waals surface area contributed by atoms with E-state index < -0.39 is 0 Å². The van der Waals surface area contributed by atoms with Gasteiger partial charge in [-0.2, -0.15) is 0 Å². The standard InChI is InChI=1S/C11H13N3/c1-7-2-5-9-10(6-7)14-11(13-9)12-8-3-4-8/h2,5-6,8H,3-4H2,1H3,(H2,12,13,14). The number of rotatable bonds is 2. The van der Waals surface area contributed by atoms with Crippen LogP contribution in [-0.4, -0.2) is 16.0 Å². The Balaban J connectivity index is 2.01. The zero-order chi connectivity index (χ0) is 9.54. The Hall–Kier alpha value is -1.51. The normalized spacial score (nSPS) is 16.1. The van der Waals surface area contributed by atoms with Gasteiger partial charge in [-0.25, -0.2) is 4.98 Å². The summed E-state index contributed by atoms with van der Waals surface area (Å²) in [7, 11) is 0. The van der Waals surface area contributed by atoms with Crippen molar-refractivity contribution in [2.24, 2.45) is 0 Å². The van der Waals surface area contributed by atoms with Gasteiger partial charge in [0.1, 0.15) is 0 Å². The van der Waals surface area contributed by atoms with Crippen molar-refractivity contribution < 1.29 is 0 Å². The molecule has 3 rings (SSSR count). The molecule has 3 nitrogen and oxygen atoms in total. The van der Waals surface area contributed by atoms with E-state index in [1.165, 1.54) is 18.4 Å². The highest BCUT2D eigenvalue weighted by molar-refractivity contribution is 5.78. The molecule has 0 atom stereocenters. The maximum Gasteiger partial charge on any atom is 0.201 e. The topological polar surface area (TPSA) is 40.7 Å². The van der Waals surface area contributed by atoms with E-state index in [0.29, 0.717) is 6.04 Å². The minimum absolute atomic E-state index is 0.650. The lowest BCUT2D eigenvalue weighted by molar-refractivity contribution is 1.10. The van der Waals surface area contributed by atoms with Gasteiger partial charge in [0.25, 0.3) is 0 Å². The molecule has 2 aromatic rings. The number of fused-ring (bicyclic) bond motifs is 1. The molecule has 72 valence electrons. The van der Waals surface area contributed by atoms with Gasteiger partial charge in [0.15, 0.2) is 0 Å². The molecule has 0 aliphatic heterocycles. The molecule has 1 aromatic carbocycles. The maximum atomic E-state index is 4.47. The molecule has 1 aromatic heterocycles. The number of anilines is 1. The molecular formula is C11H13N3. The van der Waals surface area contributed by atoms with E-state index in [0.717, 1.165) is 17.0 Å². The van der Waals surface area contributed by atoms with Gasteiger partial charge in [0.2, 0.25) is 5.95 Å². The van der Waals surface area contributed by atoms with Crippen molar-refractivity contribution in [1.82, 2.24) is 9.97 Å². The number of hydrogen-bond donors (Lipinski definition) is 2. The van der Waals surface area contributed by atoms with Gasteiger partial charge >= 0.3 is 0 Å². The van der Waals surface area contributed by atoms with Crippen molar-refractivity contribution in [3.05, 3.63) is 23.8 Å². The van der Waals surface area contributed by atoms with Crippen molar-refractivity contribution in [3.8, 4) is 0 Å². The fourth-order valence-corrected chi connectivity index (χ4v) is 1.61. The molecule has 1 saturated carbocycles. The first-order chi connectivity index (χ1) is 6.81. The second kappa shape index (κ2) is 2.74. The van der Waals surface area contributed by atoms with Crippen LogP contribution in [0.2, 0.25) is 0 Å². The SMILES string of the molecule is Cc1ccc2nc(NC3CC3)[nH]c2c1. The monoisotopic (exact) mass is 187 g/mol. The zero-order valence-electron chi connectivity index (χ0n) is 8.17. The lowest BCUT2D eigenvalue weighted by Gasteiger charge is -1.95. The van der Waals surface area contributed by atoms with E-state index in [1.54, 1.807) is 0 Å². The Bertz CT molecular complexity index is 468. The van der Waals surface area contributed by atoms with E-state index >= 15 is 0 Å².